The van der Waals surface area contributed by atoms with Gasteiger partial charge < -0.3 is 9.14 Å². The number of rotatable bonds is 6. The van der Waals surface area contributed by atoms with E-state index in [-0.39, 0.29) is 5.69 Å². The maximum atomic E-state index is 11.2. The molecule has 3 aromatic rings. The first kappa shape index (κ1) is 18.4. The molecular weight excluding hydrogens is 358 g/mol. The number of ether oxygens (including phenoxy) is 1. The standard InChI is InChI=1S/C20H23N5O3/c1-28-19-6-5-16(12-18(19)25(26)27)13-22-8-10-23(11-9-22)14-17-15-24-7-3-2-4-20(24)21-17/h2-7,12,15H,8-11,13-14H2,1H3. The third-order valence-electron chi connectivity index (χ3n) is 5.11. The van der Waals surface area contributed by atoms with Crippen molar-refractivity contribution >= 4 is 11.3 Å². The maximum Gasteiger partial charge on any atom is 0.311 e. The van der Waals surface area contributed by atoms with E-state index >= 15 is 0 Å². The predicted molar refractivity (Wildman–Crippen MR) is 105 cm³/mol. The molecule has 146 valence electrons. The van der Waals surface area contributed by atoms with Crippen LogP contribution in [-0.4, -0.2) is 57.4 Å². The van der Waals surface area contributed by atoms with Gasteiger partial charge in [-0.1, -0.05) is 12.1 Å². The van der Waals surface area contributed by atoms with Crippen LogP contribution in [0.4, 0.5) is 5.69 Å². The molecule has 0 spiro atoms. The Morgan fingerprint density at radius 3 is 2.54 bits per heavy atom. The van der Waals surface area contributed by atoms with Crippen LogP contribution in [0.5, 0.6) is 5.75 Å². The lowest BCUT2D eigenvalue weighted by atomic mass is 10.1. The largest absolute Gasteiger partial charge is 0.490 e. The number of hydrogen-bond acceptors (Lipinski definition) is 6. The molecule has 4 rings (SSSR count). The van der Waals surface area contributed by atoms with Crippen molar-refractivity contribution in [3.05, 3.63) is 70.2 Å². The van der Waals surface area contributed by atoms with Crippen LogP contribution in [0.25, 0.3) is 5.65 Å². The first-order chi connectivity index (χ1) is 13.6. The van der Waals surface area contributed by atoms with Gasteiger partial charge in [-0.15, -0.1) is 0 Å². The number of pyridine rings is 1. The molecule has 1 aliphatic heterocycles. The Kier molecular flexibility index (Phi) is 5.23. The lowest BCUT2D eigenvalue weighted by Crippen LogP contribution is -2.45. The van der Waals surface area contributed by atoms with Crippen LogP contribution in [0.1, 0.15) is 11.3 Å². The average Bonchev–Trinajstić information content (AvgIpc) is 3.11. The van der Waals surface area contributed by atoms with Gasteiger partial charge in [-0.05, 0) is 23.8 Å². The zero-order valence-electron chi connectivity index (χ0n) is 15.8. The number of nitro groups is 1. The van der Waals surface area contributed by atoms with Gasteiger partial charge in [0.25, 0.3) is 0 Å². The van der Waals surface area contributed by atoms with Crippen molar-refractivity contribution in [2.24, 2.45) is 0 Å². The number of nitrogens with zero attached hydrogens (tertiary/aromatic N) is 5. The second-order valence-electron chi connectivity index (χ2n) is 7.01. The van der Waals surface area contributed by atoms with E-state index in [1.54, 1.807) is 12.1 Å². The highest BCUT2D eigenvalue weighted by molar-refractivity contribution is 5.48. The normalized spacial score (nSPS) is 15.8. The SMILES string of the molecule is COc1ccc(CN2CCN(Cc3cn4ccccc4n3)CC2)cc1[N+](=O)[O-]. The third kappa shape index (κ3) is 3.97. The van der Waals surface area contributed by atoms with Crippen molar-refractivity contribution in [2.45, 2.75) is 13.1 Å². The van der Waals surface area contributed by atoms with Gasteiger partial charge in [0, 0.05) is 57.7 Å². The lowest BCUT2D eigenvalue weighted by molar-refractivity contribution is -0.385. The molecule has 1 fully saturated rings. The summed E-state index contributed by atoms with van der Waals surface area (Å²) >= 11 is 0. The van der Waals surface area contributed by atoms with Gasteiger partial charge >= 0.3 is 5.69 Å². The Labute approximate surface area is 163 Å². The molecule has 0 aliphatic carbocycles. The van der Waals surface area contributed by atoms with Crippen molar-refractivity contribution in [1.29, 1.82) is 0 Å². The summed E-state index contributed by atoms with van der Waals surface area (Å²) in [5.74, 6) is 0.297. The highest BCUT2D eigenvalue weighted by atomic mass is 16.6. The van der Waals surface area contributed by atoms with Crippen molar-refractivity contribution in [3.8, 4) is 5.75 Å². The molecule has 0 radical (unpaired) electrons. The Bertz CT molecular complexity index is 946. The van der Waals surface area contributed by atoms with Crippen LogP contribution in [0.2, 0.25) is 0 Å². The van der Waals surface area contributed by atoms with Crippen molar-refractivity contribution in [2.75, 3.05) is 33.3 Å². The molecule has 1 aromatic carbocycles. The maximum absolute atomic E-state index is 11.2. The van der Waals surface area contributed by atoms with Crippen LogP contribution < -0.4 is 4.74 Å². The van der Waals surface area contributed by atoms with Gasteiger partial charge in [-0.2, -0.15) is 0 Å². The zero-order chi connectivity index (χ0) is 19.5. The zero-order valence-corrected chi connectivity index (χ0v) is 15.8. The number of hydrogen-bond donors (Lipinski definition) is 0. The molecule has 8 nitrogen and oxygen atoms in total. The van der Waals surface area contributed by atoms with Gasteiger partial charge in [-0.25, -0.2) is 4.98 Å². The first-order valence-corrected chi connectivity index (χ1v) is 9.31. The van der Waals surface area contributed by atoms with Gasteiger partial charge in [0.1, 0.15) is 5.65 Å². The van der Waals surface area contributed by atoms with Crippen LogP contribution in [0.3, 0.4) is 0 Å². The molecule has 1 aliphatic rings. The number of piperazine rings is 1. The van der Waals surface area contributed by atoms with Crippen molar-refractivity contribution in [1.82, 2.24) is 19.2 Å². The van der Waals surface area contributed by atoms with Gasteiger partial charge in [0.15, 0.2) is 5.75 Å². The highest BCUT2D eigenvalue weighted by Crippen LogP contribution is 2.28. The minimum atomic E-state index is -0.394. The Balaban J connectivity index is 1.34. The molecule has 0 N–H and O–H groups in total. The fourth-order valence-electron chi connectivity index (χ4n) is 3.63. The van der Waals surface area contributed by atoms with Crippen LogP contribution in [0, 0.1) is 10.1 Å². The fourth-order valence-corrected chi connectivity index (χ4v) is 3.63. The number of imidazole rings is 1. The third-order valence-corrected chi connectivity index (χ3v) is 5.11. The highest BCUT2D eigenvalue weighted by Gasteiger charge is 2.20. The van der Waals surface area contributed by atoms with E-state index < -0.39 is 4.92 Å². The quantitative estimate of drug-likeness (QED) is 0.483. The van der Waals surface area contributed by atoms with Gasteiger partial charge in [0.2, 0.25) is 0 Å². The summed E-state index contributed by atoms with van der Waals surface area (Å²) in [5, 5.41) is 11.2. The predicted octanol–water partition coefficient (Wildman–Crippen LogP) is 2.57. The van der Waals surface area contributed by atoms with Gasteiger partial charge in [-0.3, -0.25) is 19.9 Å². The Morgan fingerprint density at radius 2 is 1.86 bits per heavy atom. The second-order valence-corrected chi connectivity index (χ2v) is 7.01. The van der Waals surface area contributed by atoms with E-state index in [2.05, 4.69) is 21.0 Å². The molecule has 0 atom stereocenters. The molecule has 0 saturated carbocycles. The van der Waals surface area contributed by atoms with E-state index in [0.29, 0.717) is 12.3 Å². The van der Waals surface area contributed by atoms with Crippen LogP contribution in [0.15, 0.2) is 48.8 Å². The number of benzene rings is 1. The number of nitro benzene ring substituents is 1. The molecule has 2 aromatic heterocycles. The van der Waals surface area contributed by atoms with E-state index in [4.69, 9.17) is 4.74 Å². The van der Waals surface area contributed by atoms with Crippen molar-refractivity contribution in [3.63, 3.8) is 0 Å². The van der Waals surface area contributed by atoms with Crippen molar-refractivity contribution < 1.29 is 9.66 Å². The van der Waals surface area contributed by atoms with Crippen LogP contribution in [-0.2, 0) is 13.1 Å². The lowest BCUT2D eigenvalue weighted by Gasteiger charge is -2.34. The number of aromatic nitrogens is 2. The summed E-state index contributed by atoms with van der Waals surface area (Å²) < 4.78 is 7.12. The fraction of sp³-hybridized carbons (Fsp3) is 0.350. The summed E-state index contributed by atoms with van der Waals surface area (Å²) in [6, 6.07) is 11.2. The summed E-state index contributed by atoms with van der Waals surface area (Å²) in [7, 11) is 1.45. The molecule has 0 unspecified atom stereocenters. The molecule has 8 heteroatoms. The molecular formula is C20H23N5O3. The minimum Gasteiger partial charge on any atom is -0.490 e. The van der Waals surface area contributed by atoms with Gasteiger partial charge in [0.05, 0.1) is 17.7 Å². The molecule has 0 bridgehead atoms. The van der Waals surface area contributed by atoms with E-state index in [1.807, 2.05) is 34.9 Å². The minimum absolute atomic E-state index is 0.0190. The molecule has 3 heterocycles. The number of methoxy groups -OCH3 is 1. The summed E-state index contributed by atoms with van der Waals surface area (Å²) in [4.78, 5) is 20.2. The van der Waals surface area contributed by atoms with E-state index in [9.17, 15) is 10.1 Å². The second kappa shape index (κ2) is 7.95. The first-order valence-electron chi connectivity index (χ1n) is 9.31. The van der Waals surface area contributed by atoms with Crippen LogP contribution >= 0.6 is 0 Å². The Morgan fingerprint density at radius 1 is 1.11 bits per heavy atom. The summed E-state index contributed by atoms with van der Waals surface area (Å²) in [6.07, 6.45) is 4.09. The number of fused-ring (bicyclic) bond motifs is 1. The summed E-state index contributed by atoms with van der Waals surface area (Å²) in [6.45, 7) is 5.29. The van der Waals surface area contributed by atoms with E-state index in [0.717, 1.165) is 49.6 Å². The Hall–Kier alpha value is -2.97. The topological polar surface area (TPSA) is 76.2 Å². The van der Waals surface area contributed by atoms with E-state index in [1.165, 1.54) is 7.11 Å². The molecule has 1 saturated heterocycles. The smallest absolute Gasteiger partial charge is 0.311 e. The summed E-state index contributed by atoms with van der Waals surface area (Å²) in [5.41, 5.74) is 2.99. The molecule has 0 amide bonds. The monoisotopic (exact) mass is 381 g/mol. The average molecular weight is 381 g/mol. The molecule has 28 heavy (non-hydrogen) atoms.